The van der Waals surface area contributed by atoms with Crippen LogP contribution in [0.15, 0.2) is 71.2 Å². The highest BCUT2D eigenvalue weighted by Crippen LogP contribution is 2.39. The molecule has 0 aliphatic carbocycles. The SMILES string of the molecule is CCO[C@H]1OC(C(=O)NCc2nc3ccccc3[nH]2)=C[C@@H](c2c(C)n(C)n(-c3ccccc3)c2=O)[C@@H]1CCCO. The summed E-state index contributed by atoms with van der Waals surface area (Å²) in [6.07, 6.45) is 2.02. The molecule has 10 heteroatoms. The maximum Gasteiger partial charge on any atom is 0.286 e. The highest BCUT2D eigenvalue weighted by molar-refractivity contribution is 5.91. The zero-order chi connectivity index (χ0) is 28.2. The Hall–Kier alpha value is -4.15. The number of fused-ring (bicyclic) bond motifs is 1. The third-order valence-electron chi connectivity index (χ3n) is 7.42. The number of aromatic amines is 1. The van der Waals surface area contributed by atoms with Crippen molar-refractivity contribution in [3.05, 3.63) is 93.9 Å². The first-order valence-corrected chi connectivity index (χ1v) is 13.6. The van der Waals surface area contributed by atoms with Gasteiger partial charge in [-0.3, -0.25) is 14.3 Å². The van der Waals surface area contributed by atoms with E-state index in [4.69, 9.17) is 9.47 Å². The average Bonchev–Trinajstić information content (AvgIpc) is 3.48. The van der Waals surface area contributed by atoms with Gasteiger partial charge < -0.3 is 24.9 Å². The number of H-pyrrole nitrogens is 1. The van der Waals surface area contributed by atoms with Gasteiger partial charge in [-0.1, -0.05) is 30.3 Å². The number of hydrogen-bond donors (Lipinski definition) is 3. The van der Waals surface area contributed by atoms with E-state index in [-0.39, 0.29) is 30.4 Å². The second-order valence-corrected chi connectivity index (χ2v) is 9.89. The number of ether oxygens (including phenoxy) is 2. The summed E-state index contributed by atoms with van der Waals surface area (Å²) >= 11 is 0. The summed E-state index contributed by atoms with van der Waals surface area (Å²) in [5.74, 6) is -0.458. The van der Waals surface area contributed by atoms with Gasteiger partial charge in [0.25, 0.3) is 11.5 Å². The molecule has 0 saturated carbocycles. The van der Waals surface area contributed by atoms with Crippen molar-refractivity contribution in [3.8, 4) is 5.69 Å². The molecule has 2 aromatic carbocycles. The summed E-state index contributed by atoms with van der Waals surface area (Å²) < 4.78 is 15.5. The smallest absolute Gasteiger partial charge is 0.286 e. The molecule has 0 saturated heterocycles. The Morgan fingerprint density at radius 3 is 2.65 bits per heavy atom. The Kier molecular flexibility index (Phi) is 8.18. The first kappa shape index (κ1) is 27.4. The third-order valence-corrected chi connectivity index (χ3v) is 7.42. The van der Waals surface area contributed by atoms with E-state index in [0.717, 1.165) is 22.4 Å². The summed E-state index contributed by atoms with van der Waals surface area (Å²) in [6.45, 7) is 4.30. The van der Waals surface area contributed by atoms with Gasteiger partial charge >= 0.3 is 0 Å². The lowest BCUT2D eigenvalue weighted by Gasteiger charge is -2.36. The van der Waals surface area contributed by atoms with Gasteiger partial charge in [0, 0.05) is 43.4 Å². The molecule has 0 spiro atoms. The van der Waals surface area contributed by atoms with Crippen molar-refractivity contribution in [1.82, 2.24) is 24.6 Å². The van der Waals surface area contributed by atoms with Crippen LogP contribution in [0.1, 0.15) is 42.8 Å². The minimum Gasteiger partial charge on any atom is -0.459 e. The summed E-state index contributed by atoms with van der Waals surface area (Å²) in [5, 5.41) is 12.5. The molecular formula is C30H35N5O5. The second-order valence-electron chi connectivity index (χ2n) is 9.89. The number of para-hydroxylation sites is 3. The minimum atomic E-state index is -0.761. The quantitative estimate of drug-likeness (QED) is 0.281. The van der Waals surface area contributed by atoms with Crippen LogP contribution < -0.4 is 10.9 Å². The largest absolute Gasteiger partial charge is 0.459 e. The first-order valence-electron chi connectivity index (χ1n) is 13.6. The van der Waals surface area contributed by atoms with Crippen LogP contribution in [0, 0.1) is 12.8 Å². The van der Waals surface area contributed by atoms with Crippen molar-refractivity contribution in [2.24, 2.45) is 13.0 Å². The van der Waals surface area contributed by atoms with Crippen LogP contribution in [0.4, 0.5) is 0 Å². The van der Waals surface area contributed by atoms with Gasteiger partial charge in [0.1, 0.15) is 5.82 Å². The number of aliphatic hydroxyl groups is 1. The van der Waals surface area contributed by atoms with Crippen molar-refractivity contribution >= 4 is 16.9 Å². The molecule has 4 aromatic rings. The van der Waals surface area contributed by atoms with E-state index in [2.05, 4.69) is 15.3 Å². The molecule has 5 rings (SSSR count). The van der Waals surface area contributed by atoms with Crippen LogP contribution in [-0.4, -0.2) is 49.8 Å². The predicted octanol–water partition coefficient (Wildman–Crippen LogP) is 3.43. The minimum absolute atomic E-state index is 0.00135. The van der Waals surface area contributed by atoms with Crippen molar-refractivity contribution in [1.29, 1.82) is 0 Å². The number of nitrogens with zero attached hydrogens (tertiary/aromatic N) is 3. The summed E-state index contributed by atoms with van der Waals surface area (Å²) in [6, 6.07) is 17.1. The Bertz CT molecular complexity index is 1540. The summed E-state index contributed by atoms with van der Waals surface area (Å²) in [7, 11) is 1.85. The molecule has 2 aromatic heterocycles. The number of imidazole rings is 1. The molecular weight excluding hydrogens is 510 g/mol. The number of allylic oxidation sites excluding steroid dienone is 1. The Morgan fingerprint density at radius 2 is 1.93 bits per heavy atom. The van der Waals surface area contributed by atoms with E-state index in [1.54, 1.807) is 10.8 Å². The molecule has 210 valence electrons. The van der Waals surface area contributed by atoms with Gasteiger partial charge in [0.15, 0.2) is 5.76 Å². The topological polar surface area (TPSA) is 123 Å². The van der Waals surface area contributed by atoms with Crippen molar-refractivity contribution < 1.29 is 19.4 Å². The normalized spacial score (nSPS) is 18.9. The molecule has 1 aliphatic heterocycles. The zero-order valence-electron chi connectivity index (χ0n) is 23.0. The fraction of sp³-hybridized carbons (Fsp3) is 0.367. The van der Waals surface area contributed by atoms with Crippen LogP contribution in [0.5, 0.6) is 0 Å². The first-order chi connectivity index (χ1) is 19.4. The van der Waals surface area contributed by atoms with E-state index in [1.165, 1.54) is 0 Å². The Balaban J connectivity index is 1.51. The van der Waals surface area contributed by atoms with Crippen LogP contribution in [-0.2, 0) is 27.9 Å². The lowest BCUT2D eigenvalue weighted by atomic mass is 9.80. The molecule has 0 unspecified atom stereocenters. The molecule has 10 nitrogen and oxygen atoms in total. The predicted molar refractivity (Wildman–Crippen MR) is 151 cm³/mol. The fourth-order valence-corrected chi connectivity index (χ4v) is 5.41. The van der Waals surface area contributed by atoms with Crippen LogP contribution in [0.2, 0.25) is 0 Å². The molecule has 3 heterocycles. The third kappa shape index (κ3) is 5.32. The molecule has 1 amide bonds. The standard InChI is InChI=1S/C30H35N5O5/c1-4-39-30-21(13-10-16-36)22(27-19(2)34(3)35(29(27)38)20-11-6-5-7-12-20)17-25(40-30)28(37)31-18-26-32-23-14-8-9-15-24(23)33-26/h5-9,11-12,14-15,17,21-22,30,36H,4,10,13,16,18H2,1-3H3,(H,31,37)(H,32,33)/t21-,22+,30-/m0/s1. The highest BCUT2D eigenvalue weighted by Gasteiger charge is 2.40. The van der Waals surface area contributed by atoms with Gasteiger partial charge in [-0.2, -0.15) is 0 Å². The average molecular weight is 546 g/mol. The van der Waals surface area contributed by atoms with Crippen LogP contribution in [0.25, 0.3) is 16.7 Å². The Morgan fingerprint density at radius 1 is 1.18 bits per heavy atom. The number of benzene rings is 2. The molecule has 0 fully saturated rings. The van der Waals surface area contributed by atoms with E-state index >= 15 is 0 Å². The lowest BCUT2D eigenvalue weighted by molar-refractivity contribution is -0.166. The molecule has 1 aliphatic rings. The molecule has 0 radical (unpaired) electrons. The van der Waals surface area contributed by atoms with E-state index in [0.29, 0.717) is 30.8 Å². The molecule has 40 heavy (non-hydrogen) atoms. The number of aromatic nitrogens is 4. The number of hydrogen-bond acceptors (Lipinski definition) is 6. The fourth-order valence-electron chi connectivity index (χ4n) is 5.41. The van der Waals surface area contributed by atoms with E-state index < -0.39 is 18.1 Å². The van der Waals surface area contributed by atoms with Crippen LogP contribution in [0.3, 0.4) is 0 Å². The maximum absolute atomic E-state index is 13.9. The van der Waals surface area contributed by atoms with E-state index in [1.807, 2.05) is 80.2 Å². The Labute approximate surface area is 232 Å². The number of aliphatic hydroxyl groups excluding tert-OH is 1. The molecule has 3 atom stereocenters. The molecule has 0 bridgehead atoms. The van der Waals surface area contributed by atoms with Gasteiger partial charge in [-0.15, -0.1) is 0 Å². The second kappa shape index (κ2) is 11.9. The van der Waals surface area contributed by atoms with Crippen molar-refractivity contribution in [3.63, 3.8) is 0 Å². The highest BCUT2D eigenvalue weighted by atomic mass is 16.7. The number of carbonyl (C=O) groups excluding carboxylic acids is 1. The summed E-state index contributed by atoms with van der Waals surface area (Å²) in [5.41, 5.74) is 3.64. The number of carbonyl (C=O) groups is 1. The lowest BCUT2D eigenvalue weighted by Crippen LogP contribution is -2.40. The van der Waals surface area contributed by atoms with Crippen molar-refractivity contribution in [2.75, 3.05) is 13.2 Å². The van der Waals surface area contributed by atoms with Gasteiger partial charge in [0.05, 0.1) is 23.3 Å². The van der Waals surface area contributed by atoms with E-state index in [9.17, 15) is 14.7 Å². The summed E-state index contributed by atoms with van der Waals surface area (Å²) in [4.78, 5) is 35.0. The van der Waals surface area contributed by atoms with Gasteiger partial charge in [0.2, 0.25) is 6.29 Å². The van der Waals surface area contributed by atoms with Gasteiger partial charge in [-0.25, -0.2) is 9.67 Å². The van der Waals surface area contributed by atoms with Crippen LogP contribution >= 0.6 is 0 Å². The number of amides is 1. The monoisotopic (exact) mass is 545 g/mol. The number of nitrogens with one attached hydrogen (secondary N) is 2. The zero-order valence-corrected chi connectivity index (χ0v) is 23.0. The number of rotatable bonds is 10. The van der Waals surface area contributed by atoms with Gasteiger partial charge in [-0.05, 0) is 57.0 Å². The van der Waals surface area contributed by atoms with Crippen molar-refractivity contribution in [2.45, 2.75) is 45.4 Å². The molecule has 3 N–H and O–H groups in total. The maximum atomic E-state index is 13.9.